The van der Waals surface area contributed by atoms with E-state index in [0.29, 0.717) is 29.0 Å². The lowest BCUT2D eigenvalue weighted by molar-refractivity contribution is 0.0620. The normalized spacial score (nSPS) is 15.6. The Morgan fingerprint density at radius 2 is 1.86 bits per heavy atom. The monoisotopic (exact) mass is 295 g/mol. The van der Waals surface area contributed by atoms with Crippen LogP contribution in [-0.4, -0.2) is 17.3 Å². The van der Waals surface area contributed by atoms with E-state index >= 15 is 0 Å². The van der Waals surface area contributed by atoms with Crippen LogP contribution in [0.2, 0.25) is 0 Å². The van der Waals surface area contributed by atoms with Crippen LogP contribution >= 0.6 is 0 Å². The predicted molar refractivity (Wildman–Crippen MR) is 84.5 cm³/mol. The summed E-state index contributed by atoms with van der Waals surface area (Å²) >= 11 is 0. The number of benzene rings is 2. The van der Waals surface area contributed by atoms with E-state index in [-0.39, 0.29) is 11.7 Å². The second-order valence-electron chi connectivity index (χ2n) is 5.99. The summed E-state index contributed by atoms with van der Waals surface area (Å²) in [6.45, 7) is 3.76. The van der Waals surface area contributed by atoms with Crippen LogP contribution in [0.15, 0.2) is 48.5 Å². The molecule has 4 nitrogen and oxygen atoms in total. The molecule has 112 valence electrons. The Hall–Kier alpha value is -2.62. The van der Waals surface area contributed by atoms with Crippen molar-refractivity contribution in [3.8, 4) is 5.75 Å². The average molecular weight is 295 g/mol. The number of anilines is 1. The van der Waals surface area contributed by atoms with Crippen LogP contribution in [0.5, 0.6) is 5.75 Å². The number of hydrogen-bond donors (Lipinski definition) is 1. The predicted octanol–water partition coefficient (Wildman–Crippen LogP) is 3.68. The first-order chi connectivity index (χ1) is 10.4. The molecule has 0 aromatic heterocycles. The minimum Gasteiger partial charge on any atom is -0.487 e. The zero-order valence-corrected chi connectivity index (χ0v) is 12.6. The maximum Gasteiger partial charge on any atom is 0.255 e. The highest BCUT2D eigenvalue weighted by Gasteiger charge is 2.32. The molecule has 1 aliphatic heterocycles. The van der Waals surface area contributed by atoms with Crippen molar-refractivity contribution in [2.45, 2.75) is 25.9 Å². The first-order valence-corrected chi connectivity index (χ1v) is 7.17. The molecule has 3 rings (SSSR count). The molecule has 1 N–H and O–H groups in total. The molecule has 2 aromatic rings. The zero-order chi connectivity index (χ0) is 15.7. The molecule has 1 aliphatic rings. The molecule has 0 atom stereocenters. The van der Waals surface area contributed by atoms with Gasteiger partial charge in [0, 0.05) is 11.3 Å². The number of fused-ring (bicyclic) bond motifs is 1. The van der Waals surface area contributed by atoms with Crippen molar-refractivity contribution < 1.29 is 14.3 Å². The summed E-state index contributed by atoms with van der Waals surface area (Å²) in [5.41, 5.74) is 1.13. The van der Waals surface area contributed by atoms with Gasteiger partial charge < -0.3 is 10.1 Å². The standard InChI is InChI=1S/C18H17NO3/c1-18(2)11-15(20)14-10-12(8-9-16(14)22-18)17(21)19-13-6-4-3-5-7-13/h3-10H,11H2,1-2H3,(H,19,21). The largest absolute Gasteiger partial charge is 0.487 e. The molecular formula is C18H17NO3. The molecule has 0 radical (unpaired) electrons. The molecule has 2 aromatic carbocycles. The number of carbonyl (C=O) groups is 2. The summed E-state index contributed by atoms with van der Waals surface area (Å²) < 4.78 is 5.79. The van der Waals surface area contributed by atoms with Gasteiger partial charge in [0.15, 0.2) is 5.78 Å². The number of ether oxygens (including phenoxy) is 1. The van der Waals surface area contributed by atoms with Gasteiger partial charge in [0.05, 0.1) is 12.0 Å². The van der Waals surface area contributed by atoms with Gasteiger partial charge in [-0.2, -0.15) is 0 Å². The topological polar surface area (TPSA) is 55.4 Å². The van der Waals surface area contributed by atoms with E-state index in [1.54, 1.807) is 18.2 Å². The first kappa shape index (κ1) is 14.3. The van der Waals surface area contributed by atoms with Gasteiger partial charge in [0.1, 0.15) is 11.4 Å². The maximum absolute atomic E-state index is 12.3. The number of nitrogens with one attached hydrogen (secondary N) is 1. The second kappa shape index (κ2) is 5.30. The van der Waals surface area contributed by atoms with E-state index in [1.165, 1.54) is 0 Å². The van der Waals surface area contributed by atoms with Gasteiger partial charge in [0.25, 0.3) is 5.91 Å². The van der Waals surface area contributed by atoms with Crippen molar-refractivity contribution in [2.75, 3.05) is 5.32 Å². The third-order valence-corrected chi connectivity index (χ3v) is 3.55. The van der Waals surface area contributed by atoms with Gasteiger partial charge in [-0.15, -0.1) is 0 Å². The number of para-hydroxylation sites is 1. The van der Waals surface area contributed by atoms with E-state index in [1.807, 2.05) is 44.2 Å². The molecule has 1 heterocycles. The fourth-order valence-electron chi connectivity index (χ4n) is 2.52. The van der Waals surface area contributed by atoms with E-state index in [2.05, 4.69) is 5.32 Å². The van der Waals surface area contributed by atoms with Gasteiger partial charge >= 0.3 is 0 Å². The molecule has 0 saturated heterocycles. The summed E-state index contributed by atoms with van der Waals surface area (Å²) in [5, 5.41) is 2.81. The Morgan fingerprint density at radius 3 is 2.59 bits per heavy atom. The fourth-order valence-corrected chi connectivity index (χ4v) is 2.52. The Morgan fingerprint density at radius 1 is 1.14 bits per heavy atom. The van der Waals surface area contributed by atoms with Crippen molar-refractivity contribution in [3.05, 3.63) is 59.7 Å². The van der Waals surface area contributed by atoms with Gasteiger partial charge in [-0.1, -0.05) is 18.2 Å². The number of rotatable bonds is 2. The summed E-state index contributed by atoms with van der Waals surface area (Å²) in [4.78, 5) is 24.5. The van der Waals surface area contributed by atoms with E-state index in [9.17, 15) is 9.59 Å². The van der Waals surface area contributed by atoms with Gasteiger partial charge in [0.2, 0.25) is 0 Å². The number of Topliss-reactive ketones (excluding diaryl/α,β-unsaturated/α-hetero) is 1. The molecule has 0 bridgehead atoms. The molecule has 0 unspecified atom stereocenters. The first-order valence-electron chi connectivity index (χ1n) is 7.17. The summed E-state index contributed by atoms with van der Waals surface area (Å²) in [7, 11) is 0. The molecule has 0 aliphatic carbocycles. The van der Waals surface area contributed by atoms with Gasteiger partial charge in [-0.3, -0.25) is 9.59 Å². The van der Waals surface area contributed by atoms with Crippen LogP contribution in [0.1, 0.15) is 41.0 Å². The van der Waals surface area contributed by atoms with Crippen molar-refractivity contribution in [1.29, 1.82) is 0 Å². The van der Waals surface area contributed by atoms with Crippen LogP contribution in [-0.2, 0) is 0 Å². The zero-order valence-electron chi connectivity index (χ0n) is 12.6. The van der Waals surface area contributed by atoms with Crippen LogP contribution in [0.25, 0.3) is 0 Å². The second-order valence-corrected chi connectivity index (χ2v) is 5.99. The van der Waals surface area contributed by atoms with E-state index < -0.39 is 5.60 Å². The highest BCUT2D eigenvalue weighted by molar-refractivity contribution is 6.07. The minimum absolute atomic E-state index is 0.000566. The SMILES string of the molecule is CC1(C)CC(=O)c2cc(C(=O)Nc3ccccc3)ccc2O1. The summed E-state index contributed by atoms with van der Waals surface area (Å²) in [6, 6.07) is 14.2. The third-order valence-electron chi connectivity index (χ3n) is 3.55. The quantitative estimate of drug-likeness (QED) is 0.919. The maximum atomic E-state index is 12.3. The van der Waals surface area contributed by atoms with Crippen molar-refractivity contribution in [1.82, 2.24) is 0 Å². The lowest BCUT2D eigenvalue weighted by atomic mass is 9.92. The fraction of sp³-hybridized carbons (Fsp3) is 0.222. The lowest BCUT2D eigenvalue weighted by Crippen LogP contribution is -2.36. The molecular weight excluding hydrogens is 278 g/mol. The van der Waals surface area contributed by atoms with Crippen molar-refractivity contribution in [2.24, 2.45) is 0 Å². The molecule has 0 fully saturated rings. The Kier molecular flexibility index (Phi) is 3.45. The highest BCUT2D eigenvalue weighted by atomic mass is 16.5. The van der Waals surface area contributed by atoms with Crippen LogP contribution in [0.4, 0.5) is 5.69 Å². The van der Waals surface area contributed by atoms with Crippen LogP contribution in [0, 0.1) is 0 Å². The summed E-state index contributed by atoms with van der Waals surface area (Å²) in [5.74, 6) is 0.296. The number of amides is 1. The third kappa shape index (κ3) is 2.86. The Labute approximate surface area is 129 Å². The van der Waals surface area contributed by atoms with Gasteiger partial charge in [-0.05, 0) is 44.2 Å². The molecule has 0 saturated carbocycles. The molecule has 0 spiro atoms. The van der Waals surface area contributed by atoms with E-state index in [4.69, 9.17) is 4.74 Å². The van der Waals surface area contributed by atoms with Crippen molar-refractivity contribution >= 4 is 17.4 Å². The lowest BCUT2D eigenvalue weighted by Gasteiger charge is -2.31. The van der Waals surface area contributed by atoms with E-state index in [0.717, 1.165) is 0 Å². The number of ketones is 1. The molecule has 1 amide bonds. The minimum atomic E-state index is -0.502. The Balaban J connectivity index is 1.86. The number of hydrogen-bond acceptors (Lipinski definition) is 3. The van der Waals surface area contributed by atoms with Crippen molar-refractivity contribution in [3.63, 3.8) is 0 Å². The van der Waals surface area contributed by atoms with Crippen LogP contribution in [0.3, 0.4) is 0 Å². The van der Waals surface area contributed by atoms with Crippen LogP contribution < -0.4 is 10.1 Å². The molecule has 22 heavy (non-hydrogen) atoms. The summed E-state index contributed by atoms with van der Waals surface area (Å²) in [6.07, 6.45) is 0.309. The highest BCUT2D eigenvalue weighted by Crippen LogP contribution is 2.33. The smallest absolute Gasteiger partial charge is 0.255 e. The average Bonchev–Trinajstić information content (AvgIpc) is 2.46. The Bertz CT molecular complexity index is 735. The molecule has 4 heteroatoms. The van der Waals surface area contributed by atoms with Gasteiger partial charge in [-0.25, -0.2) is 0 Å². The number of carbonyl (C=O) groups excluding carboxylic acids is 2.